The normalized spacial score (nSPS) is 23.1. The van der Waals surface area contributed by atoms with Crippen LogP contribution in [0, 0.1) is 20.8 Å². The summed E-state index contributed by atoms with van der Waals surface area (Å²) in [5.74, 6) is 0. The lowest BCUT2D eigenvalue weighted by Crippen LogP contribution is -2.50. The van der Waals surface area contributed by atoms with Gasteiger partial charge in [0.15, 0.2) is 4.90 Å². The van der Waals surface area contributed by atoms with Crippen molar-refractivity contribution in [1.29, 1.82) is 0 Å². The van der Waals surface area contributed by atoms with Gasteiger partial charge in [0.1, 0.15) is 0 Å². The summed E-state index contributed by atoms with van der Waals surface area (Å²) in [7, 11) is 0. The van der Waals surface area contributed by atoms with Crippen molar-refractivity contribution < 1.29 is 9.29 Å². The van der Waals surface area contributed by atoms with E-state index in [1.165, 1.54) is 5.56 Å². The molecular formula is C18H28N2O2S. The summed E-state index contributed by atoms with van der Waals surface area (Å²) in [6.45, 7) is 11.9. The molecule has 0 aromatic heterocycles. The van der Waals surface area contributed by atoms with Gasteiger partial charge < -0.3 is 9.29 Å². The maximum atomic E-state index is 13.0. The van der Waals surface area contributed by atoms with Crippen molar-refractivity contribution in [1.82, 2.24) is 9.21 Å². The van der Waals surface area contributed by atoms with Crippen molar-refractivity contribution in [3.8, 4) is 0 Å². The number of aryl methyl sites for hydroxylation is 3. The highest BCUT2D eigenvalue weighted by Gasteiger charge is 2.33. The lowest BCUT2D eigenvalue weighted by molar-refractivity contribution is 0.00610. The van der Waals surface area contributed by atoms with Gasteiger partial charge in [-0.15, -0.1) is 4.31 Å². The Morgan fingerprint density at radius 2 is 1.57 bits per heavy atom. The van der Waals surface area contributed by atoms with Gasteiger partial charge in [-0.25, -0.2) is 0 Å². The van der Waals surface area contributed by atoms with E-state index in [0.717, 1.165) is 68.3 Å². The largest absolute Gasteiger partial charge is 0.593 e. The summed E-state index contributed by atoms with van der Waals surface area (Å²) >= 11 is -1.03. The zero-order chi connectivity index (χ0) is 16.4. The van der Waals surface area contributed by atoms with Crippen LogP contribution in [0.15, 0.2) is 17.0 Å². The molecule has 2 saturated heterocycles. The topological polar surface area (TPSA) is 38.8 Å². The van der Waals surface area contributed by atoms with Crippen LogP contribution in [0.2, 0.25) is 0 Å². The second-order valence-electron chi connectivity index (χ2n) is 6.79. The van der Waals surface area contributed by atoms with Gasteiger partial charge in [0.05, 0.1) is 24.6 Å². The predicted molar refractivity (Wildman–Crippen MR) is 94.0 cm³/mol. The molecule has 1 unspecified atom stereocenters. The number of nitrogens with zero attached hydrogens (tertiary/aromatic N) is 2. The van der Waals surface area contributed by atoms with E-state index in [1.54, 1.807) is 0 Å². The molecule has 2 aliphatic heterocycles. The Morgan fingerprint density at radius 1 is 1.00 bits per heavy atom. The number of benzene rings is 1. The summed E-state index contributed by atoms with van der Waals surface area (Å²) in [5, 5.41) is 0. The van der Waals surface area contributed by atoms with Crippen molar-refractivity contribution in [2.45, 2.75) is 44.6 Å². The number of rotatable bonds is 3. The fourth-order valence-electron chi connectivity index (χ4n) is 3.89. The zero-order valence-electron chi connectivity index (χ0n) is 14.5. The summed E-state index contributed by atoms with van der Waals surface area (Å²) in [6.07, 6.45) is 2.21. The molecule has 1 aromatic rings. The fourth-order valence-corrected chi connectivity index (χ4v) is 5.36. The van der Waals surface area contributed by atoms with E-state index in [1.807, 2.05) is 0 Å². The van der Waals surface area contributed by atoms with E-state index in [-0.39, 0.29) is 0 Å². The number of morpholine rings is 1. The summed E-state index contributed by atoms with van der Waals surface area (Å²) < 4.78 is 20.6. The van der Waals surface area contributed by atoms with Crippen LogP contribution >= 0.6 is 0 Å². The number of piperidine rings is 1. The third kappa shape index (κ3) is 3.91. The van der Waals surface area contributed by atoms with Crippen LogP contribution < -0.4 is 0 Å². The molecule has 0 bridgehead atoms. The van der Waals surface area contributed by atoms with E-state index in [2.05, 4.69) is 42.1 Å². The molecule has 4 nitrogen and oxygen atoms in total. The van der Waals surface area contributed by atoms with Gasteiger partial charge in [0, 0.05) is 43.3 Å². The summed E-state index contributed by atoms with van der Waals surface area (Å²) in [6, 6.07) is 4.91. The van der Waals surface area contributed by atoms with Crippen LogP contribution in [0.4, 0.5) is 0 Å². The van der Waals surface area contributed by atoms with E-state index in [9.17, 15) is 4.55 Å². The van der Waals surface area contributed by atoms with Gasteiger partial charge in [-0.1, -0.05) is 17.7 Å². The Morgan fingerprint density at radius 3 is 2.13 bits per heavy atom. The van der Waals surface area contributed by atoms with E-state index in [0.29, 0.717) is 6.04 Å². The highest BCUT2D eigenvalue weighted by molar-refractivity contribution is 7.89. The number of hydrogen-bond donors (Lipinski definition) is 0. The van der Waals surface area contributed by atoms with Crippen molar-refractivity contribution in [2.24, 2.45) is 0 Å². The molecule has 1 atom stereocenters. The van der Waals surface area contributed by atoms with Gasteiger partial charge in [0.2, 0.25) is 0 Å². The van der Waals surface area contributed by atoms with Crippen LogP contribution in [-0.2, 0) is 16.1 Å². The van der Waals surface area contributed by atoms with Gasteiger partial charge in [-0.3, -0.25) is 4.90 Å². The minimum atomic E-state index is -1.03. The Kier molecular flexibility index (Phi) is 5.65. The minimum Gasteiger partial charge on any atom is -0.593 e. The molecule has 2 aliphatic rings. The molecule has 128 valence electrons. The molecule has 2 heterocycles. The van der Waals surface area contributed by atoms with E-state index >= 15 is 0 Å². The van der Waals surface area contributed by atoms with E-state index in [4.69, 9.17) is 4.74 Å². The molecule has 0 N–H and O–H groups in total. The average molecular weight is 337 g/mol. The monoisotopic (exact) mass is 336 g/mol. The van der Waals surface area contributed by atoms with Crippen LogP contribution in [0.25, 0.3) is 0 Å². The molecule has 5 heteroatoms. The first-order valence-corrected chi connectivity index (χ1v) is 9.73. The first kappa shape index (κ1) is 17.2. The Balaban J connectivity index is 1.63. The third-order valence-electron chi connectivity index (χ3n) is 5.00. The zero-order valence-corrected chi connectivity index (χ0v) is 15.3. The number of hydrogen-bond acceptors (Lipinski definition) is 4. The quantitative estimate of drug-likeness (QED) is 0.795. The highest BCUT2D eigenvalue weighted by Crippen LogP contribution is 2.28. The first-order valence-electron chi connectivity index (χ1n) is 8.63. The van der Waals surface area contributed by atoms with Crippen molar-refractivity contribution in [3.63, 3.8) is 0 Å². The second kappa shape index (κ2) is 7.53. The van der Waals surface area contributed by atoms with Gasteiger partial charge >= 0.3 is 0 Å². The van der Waals surface area contributed by atoms with Crippen molar-refractivity contribution in [3.05, 3.63) is 28.8 Å². The highest BCUT2D eigenvalue weighted by atomic mass is 32.2. The fraction of sp³-hybridized carbons (Fsp3) is 0.667. The van der Waals surface area contributed by atoms with Crippen LogP contribution in [-0.4, -0.2) is 59.2 Å². The third-order valence-corrected chi connectivity index (χ3v) is 6.83. The van der Waals surface area contributed by atoms with Crippen molar-refractivity contribution in [2.75, 3.05) is 39.4 Å². The van der Waals surface area contributed by atoms with Crippen LogP contribution in [0.1, 0.15) is 29.5 Å². The van der Waals surface area contributed by atoms with Gasteiger partial charge in [0.25, 0.3) is 0 Å². The standard InChI is InChI=1S/C18H28N2O2S/c1-14-12-15(2)18(16(3)13-14)23(21)20-6-4-17(5-7-20)19-8-10-22-11-9-19/h12-13,17H,4-11H2,1-3H3. The summed E-state index contributed by atoms with van der Waals surface area (Å²) in [4.78, 5) is 3.56. The smallest absolute Gasteiger partial charge is 0.179 e. The van der Waals surface area contributed by atoms with Gasteiger partial charge in [-0.05, 0) is 33.6 Å². The molecule has 3 rings (SSSR count). The minimum absolute atomic E-state index is 0.632. The molecular weight excluding hydrogens is 308 g/mol. The molecule has 0 saturated carbocycles. The van der Waals surface area contributed by atoms with Crippen LogP contribution in [0.5, 0.6) is 0 Å². The first-order chi connectivity index (χ1) is 11.1. The Hall–Kier alpha value is -0.590. The Labute approximate surface area is 143 Å². The predicted octanol–water partition coefficient (Wildman–Crippen LogP) is 2.43. The lowest BCUT2D eigenvalue weighted by Gasteiger charge is -2.39. The molecule has 23 heavy (non-hydrogen) atoms. The SMILES string of the molecule is Cc1cc(C)c([S+]([O-])N2CCC(N3CCOCC3)CC2)c(C)c1. The average Bonchev–Trinajstić information content (AvgIpc) is 2.55. The maximum absolute atomic E-state index is 13.0. The second-order valence-corrected chi connectivity index (χ2v) is 8.21. The molecule has 0 amide bonds. The van der Waals surface area contributed by atoms with E-state index < -0.39 is 11.4 Å². The number of ether oxygens (including phenoxy) is 1. The summed E-state index contributed by atoms with van der Waals surface area (Å²) in [5.41, 5.74) is 3.54. The van der Waals surface area contributed by atoms with Gasteiger partial charge in [-0.2, -0.15) is 0 Å². The molecule has 0 radical (unpaired) electrons. The van der Waals surface area contributed by atoms with Crippen molar-refractivity contribution >= 4 is 11.4 Å². The molecule has 2 fully saturated rings. The molecule has 1 aromatic carbocycles. The Bertz CT molecular complexity index is 515. The lowest BCUT2D eigenvalue weighted by atomic mass is 10.0. The molecule has 0 spiro atoms. The molecule has 0 aliphatic carbocycles. The maximum Gasteiger partial charge on any atom is 0.179 e. The van der Waals surface area contributed by atoms with Crippen LogP contribution in [0.3, 0.4) is 0 Å².